The molecule has 0 spiro atoms. The molecule has 4 nitrogen and oxygen atoms in total. The maximum Gasteiger partial charge on any atom is 0.331 e. The highest BCUT2D eigenvalue weighted by Crippen LogP contribution is 2.49. The van der Waals surface area contributed by atoms with Crippen molar-refractivity contribution in [2.24, 2.45) is 17.3 Å². The van der Waals surface area contributed by atoms with Gasteiger partial charge < -0.3 is 10.2 Å². The van der Waals surface area contributed by atoms with E-state index in [-0.39, 0.29) is 16.4 Å². The summed E-state index contributed by atoms with van der Waals surface area (Å²) in [6.07, 6.45) is 9.56. The van der Waals surface area contributed by atoms with Gasteiger partial charge in [0.1, 0.15) is 0 Å². The second kappa shape index (κ2) is 9.36. The van der Waals surface area contributed by atoms with Crippen molar-refractivity contribution in [2.75, 3.05) is 0 Å². The number of carboxylic acid groups (broad SMARTS) is 2. The molecule has 34 heavy (non-hydrogen) atoms. The SMILES string of the molecule is CC1C(C(=O)O)=CC(c2cc(C(C)(C)C)cc(C(C)(C)C)c2)=CC1(CC1CCCCC1)C(=O)O. The fourth-order valence-corrected chi connectivity index (χ4v) is 5.53. The summed E-state index contributed by atoms with van der Waals surface area (Å²) in [4.78, 5) is 25.2. The normalized spacial score (nSPS) is 24.4. The molecule has 1 saturated carbocycles. The van der Waals surface area contributed by atoms with Gasteiger partial charge in [-0.1, -0.05) is 105 Å². The first-order chi connectivity index (χ1) is 15.6. The second-order valence-corrected chi connectivity index (χ2v) is 12.6. The van der Waals surface area contributed by atoms with Gasteiger partial charge in [-0.05, 0) is 51.5 Å². The van der Waals surface area contributed by atoms with Crippen molar-refractivity contribution in [1.82, 2.24) is 0 Å². The number of aliphatic carboxylic acids is 2. The molecule has 186 valence electrons. The fourth-order valence-electron chi connectivity index (χ4n) is 5.53. The van der Waals surface area contributed by atoms with Crippen LogP contribution < -0.4 is 0 Å². The van der Waals surface area contributed by atoms with Crippen LogP contribution in [0.25, 0.3) is 5.57 Å². The van der Waals surface area contributed by atoms with E-state index in [1.807, 2.05) is 6.08 Å². The van der Waals surface area contributed by atoms with Crippen molar-refractivity contribution in [1.29, 1.82) is 0 Å². The third-order valence-electron chi connectivity index (χ3n) is 7.96. The summed E-state index contributed by atoms with van der Waals surface area (Å²) in [5.41, 5.74) is 2.71. The Morgan fingerprint density at radius 1 is 0.912 bits per heavy atom. The maximum absolute atomic E-state index is 12.9. The highest BCUT2D eigenvalue weighted by Gasteiger charge is 2.48. The molecule has 0 radical (unpaired) electrons. The highest BCUT2D eigenvalue weighted by atomic mass is 16.4. The van der Waals surface area contributed by atoms with E-state index < -0.39 is 23.3 Å². The predicted molar refractivity (Wildman–Crippen MR) is 138 cm³/mol. The minimum absolute atomic E-state index is 0.0934. The van der Waals surface area contributed by atoms with Gasteiger partial charge in [0.15, 0.2) is 0 Å². The molecule has 2 atom stereocenters. The van der Waals surface area contributed by atoms with Crippen LogP contribution in [0.15, 0.2) is 35.9 Å². The van der Waals surface area contributed by atoms with Gasteiger partial charge in [-0.2, -0.15) is 0 Å². The Morgan fingerprint density at radius 2 is 1.44 bits per heavy atom. The molecule has 0 amide bonds. The van der Waals surface area contributed by atoms with Crippen LogP contribution >= 0.6 is 0 Å². The average molecular weight is 467 g/mol. The van der Waals surface area contributed by atoms with Gasteiger partial charge in [-0.25, -0.2) is 4.79 Å². The fraction of sp³-hybridized carbons (Fsp3) is 0.600. The topological polar surface area (TPSA) is 74.6 Å². The molecule has 2 N–H and O–H groups in total. The van der Waals surface area contributed by atoms with E-state index in [9.17, 15) is 19.8 Å². The predicted octanol–water partition coefficient (Wildman–Crippen LogP) is 7.37. The Morgan fingerprint density at radius 3 is 1.88 bits per heavy atom. The zero-order valence-electron chi connectivity index (χ0n) is 22.0. The van der Waals surface area contributed by atoms with Crippen molar-refractivity contribution >= 4 is 17.5 Å². The smallest absolute Gasteiger partial charge is 0.331 e. The molecular formula is C30H42O4. The molecule has 2 aliphatic rings. The number of benzene rings is 1. The third-order valence-corrected chi connectivity index (χ3v) is 7.96. The molecule has 2 unspecified atom stereocenters. The van der Waals surface area contributed by atoms with Gasteiger partial charge in [0.2, 0.25) is 0 Å². The van der Waals surface area contributed by atoms with E-state index in [4.69, 9.17) is 0 Å². The van der Waals surface area contributed by atoms with Crippen LogP contribution in [0.3, 0.4) is 0 Å². The van der Waals surface area contributed by atoms with E-state index in [0.717, 1.165) is 42.4 Å². The molecule has 0 heterocycles. The van der Waals surface area contributed by atoms with Crippen LogP contribution in [0.4, 0.5) is 0 Å². The molecule has 0 aromatic heterocycles. The number of hydrogen-bond acceptors (Lipinski definition) is 2. The van der Waals surface area contributed by atoms with Crippen LogP contribution in [0, 0.1) is 17.3 Å². The Bertz CT molecular complexity index is 977. The van der Waals surface area contributed by atoms with Crippen LogP contribution in [-0.2, 0) is 20.4 Å². The monoisotopic (exact) mass is 466 g/mol. The van der Waals surface area contributed by atoms with E-state index in [1.54, 1.807) is 13.0 Å². The van der Waals surface area contributed by atoms with E-state index >= 15 is 0 Å². The van der Waals surface area contributed by atoms with Crippen molar-refractivity contribution in [3.63, 3.8) is 0 Å². The van der Waals surface area contributed by atoms with Crippen LogP contribution in [0.2, 0.25) is 0 Å². The molecule has 1 aromatic carbocycles. The zero-order valence-corrected chi connectivity index (χ0v) is 22.0. The quantitative estimate of drug-likeness (QED) is 0.475. The van der Waals surface area contributed by atoms with E-state index in [0.29, 0.717) is 17.9 Å². The standard InChI is InChI=1S/C30H42O4/c1-19-25(26(31)32)15-22(18-30(19,27(33)34)17-20-11-9-8-10-12-20)21-13-23(28(2,3)4)16-24(14-21)29(5,6)7/h13-16,18-20H,8-12,17H2,1-7H3,(H,31,32)(H,33,34). The van der Waals surface area contributed by atoms with Gasteiger partial charge in [0.05, 0.1) is 5.41 Å². The summed E-state index contributed by atoms with van der Waals surface area (Å²) < 4.78 is 0. The largest absolute Gasteiger partial charge is 0.481 e. The van der Waals surface area contributed by atoms with Gasteiger partial charge in [-0.3, -0.25) is 4.79 Å². The van der Waals surface area contributed by atoms with Crippen molar-refractivity contribution in [2.45, 2.75) is 97.8 Å². The van der Waals surface area contributed by atoms with E-state index in [1.165, 1.54) is 6.42 Å². The molecule has 0 saturated heterocycles. The van der Waals surface area contributed by atoms with Gasteiger partial charge in [-0.15, -0.1) is 0 Å². The minimum atomic E-state index is -1.22. The molecule has 2 aliphatic carbocycles. The highest BCUT2D eigenvalue weighted by molar-refractivity contribution is 5.97. The molecule has 1 aromatic rings. The molecule has 0 bridgehead atoms. The number of allylic oxidation sites excluding steroid dienone is 2. The van der Waals surface area contributed by atoms with Crippen LogP contribution in [-0.4, -0.2) is 22.2 Å². The number of rotatable bonds is 5. The lowest BCUT2D eigenvalue weighted by Crippen LogP contribution is -2.42. The van der Waals surface area contributed by atoms with Crippen molar-refractivity contribution in [3.05, 3.63) is 52.6 Å². The Hall–Kier alpha value is -2.36. The Kier molecular flexibility index (Phi) is 7.22. The molecule has 1 fully saturated rings. The van der Waals surface area contributed by atoms with Crippen molar-refractivity contribution < 1.29 is 19.8 Å². The Balaban J connectivity index is 2.24. The van der Waals surface area contributed by atoms with Crippen LogP contribution in [0.5, 0.6) is 0 Å². The van der Waals surface area contributed by atoms with Gasteiger partial charge >= 0.3 is 11.9 Å². The lowest BCUT2D eigenvalue weighted by atomic mass is 9.62. The van der Waals surface area contributed by atoms with Gasteiger partial charge in [0.25, 0.3) is 0 Å². The summed E-state index contributed by atoms with van der Waals surface area (Å²) in [7, 11) is 0. The summed E-state index contributed by atoms with van der Waals surface area (Å²) in [6, 6.07) is 6.45. The molecule has 0 aliphatic heterocycles. The summed E-state index contributed by atoms with van der Waals surface area (Å²) in [5, 5.41) is 20.6. The first kappa shape index (κ1) is 26.2. The lowest BCUT2D eigenvalue weighted by molar-refractivity contribution is -0.149. The first-order valence-corrected chi connectivity index (χ1v) is 12.7. The maximum atomic E-state index is 12.9. The molecule has 3 rings (SSSR count). The van der Waals surface area contributed by atoms with Crippen molar-refractivity contribution in [3.8, 4) is 0 Å². The average Bonchev–Trinajstić information content (AvgIpc) is 2.74. The minimum Gasteiger partial charge on any atom is -0.481 e. The first-order valence-electron chi connectivity index (χ1n) is 12.7. The molecule has 4 heteroatoms. The second-order valence-electron chi connectivity index (χ2n) is 12.6. The summed E-state index contributed by atoms with van der Waals surface area (Å²) >= 11 is 0. The van der Waals surface area contributed by atoms with Crippen LogP contribution in [0.1, 0.15) is 104 Å². The number of carbonyl (C=O) groups is 2. The lowest BCUT2D eigenvalue weighted by Gasteiger charge is -2.40. The molecular weight excluding hydrogens is 424 g/mol. The Labute approximate surface area is 205 Å². The van der Waals surface area contributed by atoms with Gasteiger partial charge in [0, 0.05) is 11.5 Å². The third kappa shape index (κ3) is 5.31. The number of carboxylic acids is 2. The van der Waals surface area contributed by atoms with E-state index in [2.05, 4.69) is 59.7 Å². The number of hydrogen-bond donors (Lipinski definition) is 2. The summed E-state index contributed by atoms with van der Waals surface area (Å²) in [5.74, 6) is -2.24. The zero-order chi connectivity index (χ0) is 25.5. The summed E-state index contributed by atoms with van der Waals surface area (Å²) in [6.45, 7) is 14.8.